The molecule has 0 spiro atoms. The third-order valence-electron chi connectivity index (χ3n) is 2.54. The van der Waals surface area contributed by atoms with E-state index < -0.39 is 17.3 Å². The summed E-state index contributed by atoms with van der Waals surface area (Å²) in [4.78, 5) is 24.3. The molecule has 0 aliphatic rings. The highest BCUT2D eigenvalue weighted by molar-refractivity contribution is 5.85. The molecule has 1 heterocycles. The fourth-order valence-electron chi connectivity index (χ4n) is 1.61. The molecule has 2 rings (SSSR count). The number of aromatic nitrogens is 1. The average molecular weight is 273 g/mol. The van der Waals surface area contributed by atoms with Crippen molar-refractivity contribution in [1.29, 1.82) is 0 Å². The van der Waals surface area contributed by atoms with Crippen molar-refractivity contribution in [3.05, 3.63) is 34.3 Å². The van der Waals surface area contributed by atoms with Gasteiger partial charge in [0, 0.05) is 6.42 Å². The third kappa shape index (κ3) is 2.72. The fourth-order valence-corrected chi connectivity index (χ4v) is 1.61. The van der Waals surface area contributed by atoms with Crippen molar-refractivity contribution in [2.45, 2.75) is 18.9 Å². The molecule has 1 aromatic carbocycles. The molecule has 4 N–H and O–H groups in total. The minimum Gasteiger partial charge on any atom is -0.480 e. The second kappa shape index (κ2) is 4.83. The van der Waals surface area contributed by atoms with E-state index in [2.05, 4.69) is 4.98 Å². The van der Waals surface area contributed by atoms with Gasteiger partial charge in [0.25, 0.3) is 0 Å². The number of rotatable bonds is 3. The van der Waals surface area contributed by atoms with Gasteiger partial charge in [0.1, 0.15) is 5.54 Å². The van der Waals surface area contributed by atoms with Crippen LogP contribution in [0.4, 0.5) is 0 Å². The van der Waals surface area contributed by atoms with Gasteiger partial charge in [-0.3, -0.25) is 9.78 Å². The van der Waals surface area contributed by atoms with E-state index in [-0.39, 0.29) is 18.8 Å². The molecule has 6 nitrogen and oxygen atoms in total. The quantitative estimate of drug-likeness (QED) is 0.769. The van der Waals surface area contributed by atoms with Crippen molar-refractivity contribution < 1.29 is 14.3 Å². The summed E-state index contributed by atoms with van der Waals surface area (Å²) in [6.45, 7) is 1.44. The van der Waals surface area contributed by atoms with Crippen LogP contribution in [-0.2, 0) is 11.2 Å². The molecule has 0 bridgehead atoms. The lowest BCUT2D eigenvalue weighted by atomic mass is 9.94. The fraction of sp³-hybridized carbons (Fsp3) is 0.273. The topological polar surface area (TPSA) is 109 Å². The third-order valence-corrected chi connectivity index (χ3v) is 2.54. The van der Waals surface area contributed by atoms with Crippen LogP contribution in [0.1, 0.15) is 12.5 Å². The van der Waals surface area contributed by atoms with Crippen molar-refractivity contribution in [3.8, 4) is 0 Å². The number of fused-ring (bicyclic) bond motifs is 1. The first-order chi connectivity index (χ1) is 7.88. The molecule has 0 amide bonds. The second-order valence-electron chi connectivity index (χ2n) is 4.24. The molecule has 0 saturated carbocycles. The van der Waals surface area contributed by atoms with Gasteiger partial charge in [0.15, 0.2) is 5.58 Å². The van der Waals surface area contributed by atoms with Crippen LogP contribution in [0.3, 0.4) is 0 Å². The van der Waals surface area contributed by atoms with Crippen LogP contribution < -0.4 is 11.5 Å². The van der Waals surface area contributed by atoms with E-state index in [1.807, 2.05) is 0 Å². The number of benzene rings is 1. The smallest absolute Gasteiger partial charge is 0.417 e. The van der Waals surface area contributed by atoms with Crippen LogP contribution in [0, 0.1) is 0 Å². The number of hydrogen-bond donors (Lipinski definition) is 3. The van der Waals surface area contributed by atoms with Crippen molar-refractivity contribution in [3.63, 3.8) is 0 Å². The standard InChI is InChI=1S/C11H12N2O4.ClH/c1-11(12,9(14)15)5-6-2-3-8-7(4-6)13-10(16)17-8;/h2-4H,5,12H2,1H3,(H,13,16)(H,14,15);1H. The van der Waals surface area contributed by atoms with Crippen molar-refractivity contribution in [2.24, 2.45) is 5.73 Å². The zero-order chi connectivity index (χ0) is 12.6. The first-order valence-electron chi connectivity index (χ1n) is 5.02. The lowest BCUT2D eigenvalue weighted by Crippen LogP contribution is -2.46. The summed E-state index contributed by atoms with van der Waals surface area (Å²) in [6.07, 6.45) is 0.172. The number of oxazole rings is 1. The Morgan fingerprint density at radius 1 is 1.56 bits per heavy atom. The van der Waals surface area contributed by atoms with Gasteiger partial charge in [-0.25, -0.2) is 4.79 Å². The number of aromatic amines is 1. The molecule has 1 aromatic heterocycles. The molecule has 7 heteroatoms. The lowest BCUT2D eigenvalue weighted by molar-refractivity contribution is -0.142. The molecule has 18 heavy (non-hydrogen) atoms. The number of carboxylic acid groups (broad SMARTS) is 1. The van der Waals surface area contributed by atoms with Crippen LogP contribution in [0.15, 0.2) is 27.4 Å². The summed E-state index contributed by atoms with van der Waals surface area (Å²) in [7, 11) is 0. The number of halogens is 1. The maximum absolute atomic E-state index is 11.0. The normalized spacial score (nSPS) is 13.9. The lowest BCUT2D eigenvalue weighted by Gasteiger charge is -2.18. The molecular formula is C11H13ClN2O4. The Morgan fingerprint density at radius 3 is 2.83 bits per heavy atom. The maximum atomic E-state index is 11.0. The zero-order valence-electron chi connectivity index (χ0n) is 9.60. The highest BCUT2D eigenvalue weighted by atomic mass is 35.5. The monoisotopic (exact) mass is 272 g/mol. The number of nitrogens with one attached hydrogen (secondary N) is 1. The van der Waals surface area contributed by atoms with Gasteiger partial charge in [0.05, 0.1) is 5.52 Å². The summed E-state index contributed by atoms with van der Waals surface area (Å²) in [5.74, 6) is -1.61. The number of H-pyrrole nitrogens is 1. The summed E-state index contributed by atoms with van der Waals surface area (Å²) >= 11 is 0. The number of carboxylic acids is 1. The van der Waals surface area contributed by atoms with Crippen molar-refractivity contribution >= 4 is 29.5 Å². The summed E-state index contributed by atoms with van der Waals surface area (Å²) < 4.78 is 4.84. The molecule has 0 aliphatic heterocycles. The molecular weight excluding hydrogens is 260 g/mol. The minimum atomic E-state index is -1.34. The van der Waals surface area contributed by atoms with Crippen LogP contribution in [-0.4, -0.2) is 21.6 Å². The molecule has 1 unspecified atom stereocenters. The SMILES string of the molecule is CC(N)(Cc1ccc2oc(=O)[nH]c2c1)C(=O)O.Cl. The second-order valence-corrected chi connectivity index (χ2v) is 4.24. The van der Waals surface area contributed by atoms with E-state index in [4.69, 9.17) is 15.3 Å². The number of carbonyl (C=O) groups is 1. The van der Waals surface area contributed by atoms with Crippen molar-refractivity contribution in [1.82, 2.24) is 4.98 Å². The first kappa shape index (κ1) is 14.3. The Morgan fingerprint density at radius 2 is 2.22 bits per heavy atom. The van der Waals surface area contributed by atoms with Gasteiger partial charge in [0.2, 0.25) is 0 Å². The minimum absolute atomic E-state index is 0. The maximum Gasteiger partial charge on any atom is 0.417 e. The predicted molar refractivity (Wildman–Crippen MR) is 68.0 cm³/mol. The van der Waals surface area contributed by atoms with Gasteiger partial charge in [-0.05, 0) is 24.6 Å². The van der Waals surface area contributed by atoms with Gasteiger partial charge in [-0.2, -0.15) is 0 Å². The Bertz CT molecular complexity index is 629. The van der Waals surface area contributed by atoms with Gasteiger partial charge in [-0.1, -0.05) is 6.07 Å². The van der Waals surface area contributed by atoms with E-state index in [0.29, 0.717) is 11.1 Å². The van der Waals surface area contributed by atoms with E-state index >= 15 is 0 Å². The summed E-state index contributed by atoms with van der Waals surface area (Å²) in [5.41, 5.74) is 6.01. The van der Waals surface area contributed by atoms with Gasteiger partial charge in [-0.15, -0.1) is 12.4 Å². The van der Waals surface area contributed by atoms with Crippen LogP contribution in [0.5, 0.6) is 0 Å². The Kier molecular flexibility index (Phi) is 3.83. The highest BCUT2D eigenvalue weighted by Crippen LogP contribution is 2.16. The van der Waals surface area contributed by atoms with E-state index in [1.54, 1.807) is 18.2 Å². The van der Waals surface area contributed by atoms with Gasteiger partial charge < -0.3 is 15.3 Å². The van der Waals surface area contributed by atoms with Crippen LogP contribution >= 0.6 is 12.4 Å². The van der Waals surface area contributed by atoms with Crippen LogP contribution in [0.25, 0.3) is 11.1 Å². The van der Waals surface area contributed by atoms with Crippen LogP contribution in [0.2, 0.25) is 0 Å². The van der Waals surface area contributed by atoms with E-state index in [1.165, 1.54) is 6.92 Å². The zero-order valence-corrected chi connectivity index (χ0v) is 10.4. The molecule has 0 fully saturated rings. The molecule has 1 atom stereocenters. The van der Waals surface area contributed by atoms with Crippen molar-refractivity contribution in [2.75, 3.05) is 0 Å². The molecule has 0 saturated heterocycles. The molecule has 0 radical (unpaired) electrons. The average Bonchev–Trinajstić information content (AvgIpc) is 2.56. The Labute approximate surface area is 108 Å². The molecule has 98 valence electrons. The number of nitrogens with two attached hydrogens (primary N) is 1. The molecule has 0 aliphatic carbocycles. The number of hydrogen-bond acceptors (Lipinski definition) is 4. The molecule has 2 aromatic rings. The summed E-state index contributed by atoms with van der Waals surface area (Å²) in [5, 5.41) is 8.92. The number of aliphatic carboxylic acids is 1. The Hall–Kier alpha value is -1.79. The first-order valence-corrected chi connectivity index (χ1v) is 5.02. The predicted octanol–water partition coefficient (Wildman–Crippen LogP) is 0.887. The summed E-state index contributed by atoms with van der Waals surface area (Å²) in [6, 6.07) is 4.96. The van der Waals surface area contributed by atoms with E-state index in [9.17, 15) is 9.59 Å². The Balaban J connectivity index is 0.00000162. The largest absolute Gasteiger partial charge is 0.480 e. The van der Waals surface area contributed by atoms with Gasteiger partial charge >= 0.3 is 11.7 Å². The highest BCUT2D eigenvalue weighted by Gasteiger charge is 2.28. The van der Waals surface area contributed by atoms with E-state index in [0.717, 1.165) is 5.56 Å².